The lowest BCUT2D eigenvalue weighted by Crippen LogP contribution is -2.42. The molecule has 1 aliphatic heterocycles. The summed E-state index contributed by atoms with van der Waals surface area (Å²) >= 11 is 0. The molecule has 1 saturated heterocycles. The third kappa shape index (κ3) is 2.41. The predicted octanol–water partition coefficient (Wildman–Crippen LogP) is 1.99. The number of hydrogen-bond donors (Lipinski definition) is 1. The maximum absolute atomic E-state index is 12.2. The van der Waals surface area contributed by atoms with Crippen LogP contribution in [0.25, 0.3) is 0 Å². The van der Waals surface area contributed by atoms with Crippen LogP contribution >= 0.6 is 0 Å². The third-order valence-electron chi connectivity index (χ3n) is 4.69. The zero-order valence-corrected chi connectivity index (χ0v) is 12.6. The molecule has 1 N–H and O–H groups in total. The molecule has 0 radical (unpaired) electrons. The van der Waals surface area contributed by atoms with Crippen LogP contribution < -0.4 is 5.32 Å². The number of nitrogens with zero attached hydrogens (tertiary/aromatic N) is 2. The van der Waals surface area contributed by atoms with E-state index >= 15 is 0 Å². The van der Waals surface area contributed by atoms with Crippen molar-refractivity contribution in [1.82, 2.24) is 15.2 Å². The summed E-state index contributed by atoms with van der Waals surface area (Å²) in [6, 6.07) is 7.82. The van der Waals surface area contributed by atoms with Gasteiger partial charge in [0.15, 0.2) is 0 Å². The van der Waals surface area contributed by atoms with Gasteiger partial charge >= 0.3 is 0 Å². The van der Waals surface area contributed by atoms with Crippen LogP contribution in [0.4, 0.5) is 0 Å². The number of carbonyl (C=O) groups is 1. The average molecular weight is 297 g/mol. The lowest BCUT2D eigenvalue weighted by Gasteiger charge is -2.21. The van der Waals surface area contributed by atoms with Crippen LogP contribution in [0.5, 0.6) is 0 Å². The molecular formula is C17H19N3O2. The zero-order valence-electron chi connectivity index (χ0n) is 12.6. The van der Waals surface area contributed by atoms with Gasteiger partial charge in [-0.3, -0.25) is 14.7 Å². The van der Waals surface area contributed by atoms with Gasteiger partial charge in [0, 0.05) is 25.3 Å². The highest BCUT2D eigenvalue weighted by molar-refractivity contribution is 5.94. The van der Waals surface area contributed by atoms with Crippen LogP contribution in [0.3, 0.4) is 0 Å². The minimum Gasteiger partial charge on any atom is -0.472 e. The number of furan rings is 1. The summed E-state index contributed by atoms with van der Waals surface area (Å²) in [5.74, 6) is 0.528. The molecular weight excluding hydrogens is 278 g/mol. The molecule has 1 saturated carbocycles. The first-order chi connectivity index (χ1) is 10.6. The number of hydrogen-bond acceptors (Lipinski definition) is 4. The molecule has 2 fully saturated rings. The van der Waals surface area contributed by atoms with E-state index in [4.69, 9.17) is 4.42 Å². The summed E-state index contributed by atoms with van der Waals surface area (Å²) in [5.41, 5.74) is 2.69. The Morgan fingerprint density at radius 1 is 1.50 bits per heavy atom. The number of rotatable bonds is 4. The van der Waals surface area contributed by atoms with E-state index in [9.17, 15) is 4.79 Å². The molecule has 2 atom stereocenters. The van der Waals surface area contributed by atoms with Crippen molar-refractivity contribution < 1.29 is 9.21 Å². The van der Waals surface area contributed by atoms with Gasteiger partial charge in [-0.1, -0.05) is 6.07 Å². The van der Waals surface area contributed by atoms with Crippen LogP contribution in [0, 0.1) is 12.8 Å². The summed E-state index contributed by atoms with van der Waals surface area (Å²) in [6.07, 6.45) is 4.10. The van der Waals surface area contributed by atoms with Crippen molar-refractivity contribution in [2.24, 2.45) is 5.92 Å². The van der Waals surface area contributed by atoms with Crippen molar-refractivity contribution in [3.05, 3.63) is 53.7 Å². The van der Waals surface area contributed by atoms with Crippen molar-refractivity contribution in [2.45, 2.75) is 25.4 Å². The molecule has 5 heteroatoms. The SMILES string of the molecule is Cc1cccc(CN2CC3C[C@]3(NC(=O)c3ccoc3)C2)n1. The third-order valence-corrected chi connectivity index (χ3v) is 4.69. The molecule has 3 heterocycles. The number of piperidine rings is 1. The fourth-order valence-electron chi connectivity index (χ4n) is 3.51. The molecule has 0 aromatic carbocycles. The predicted molar refractivity (Wildman–Crippen MR) is 81.3 cm³/mol. The van der Waals surface area contributed by atoms with Crippen molar-refractivity contribution in [1.29, 1.82) is 0 Å². The van der Waals surface area contributed by atoms with E-state index in [1.807, 2.05) is 19.1 Å². The highest BCUT2D eigenvalue weighted by Gasteiger charge is 2.60. The highest BCUT2D eigenvalue weighted by atomic mass is 16.3. The molecule has 2 aromatic rings. The smallest absolute Gasteiger partial charge is 0.255 e. The molecule has 4 rings (SSSR count). The molecule has 2 aliphatic rings. The molecule has 1 unspecified atom stereocenters. The summed E-state index contributed by atoms with van der Waals surface area (Å²) in [7, 11) is 0. The first kappa shape index (κ1) is 13.5. The van der Waals surface area contributed by atoms with Crippen LogP contribution in [0.2, 0.25) is 0 Å². The number of aromatic nitrogens is 1. The second-order valence-corrected chi connectivity index (χ2v) is 6.46. The maximum atomic E-state index is 12.2. The van der Waals surface area contributed by atoms with Crippen molar-refractivity contribution >= 4 is 5.91 Å². The second-order valence-electron chi connectivity index (χ2n) is 6.46. The van der Waals surface area contributed by atoms with Gasteiger partial charge in [-0.05, 0) is 37.5 Å². The Morgan fingerprint density at radius 2 is 2.41 bits per heavy atom. The quantitative estimate of drug-likeness (QED) is 0.937. The second kappa shape index (κ2) is 4.95. The number of aryl methyl sites for hydroxylation is 1. The average Bonchev–Trinajstić information content (AvgIpc) is 2.88. The Bertz CT molecular complexity index is 698. The Kier molecular flexibility index (Phi) is 3.04. The largest absolute Gasteiger partial charge is 0.472 e. The number of likely N-dealkylation sites (tertiary alicyclic amines) is 1. The minimum atomic E-state index is -0.0435. The fourth-order valence-corrected chi connectivity index (χ4v) is 3.51. The Labute approximate surface area is 129 Å². The van der Waals surface area contributed by atoms with Crippen LogP contribution in [0.15, 0.2) is 41.2 Å². The first-order valence-electron chi connectivity index (χ1n) is 7.64. The van der Waals surface area contributed by atoms with Gasteiger partial charge in [0.05, 0.1) is 23.1 Å². The van der Waals surface area contributed by atoms with Gasteiger partial charge in [0.2, 0.25) is 0 Å². The van der Waals surface area contributed by atoms with E-state index in [1.165, 1.54) is 12.5 Å². The molecule has 0 spiro atoms. The van der Waals surface area contributed by atoms with Crippen LogP contribution in [-0.2, 0) is 6.54 Å². The molecule has 114 valence electrons. The van der Waals surface area contributed by atoms with E-state index in [1.54, 1.807) is 6.07 Å². The lowest BCUT2D eigenvalue weighted by molar-refractivity contribution is 0.0926. The number of fused-ring (bicyclic) bond motifs is 1. The van der Waals surface area contributed by atoms with Gasteiger partial charge in [0.25, 0.3) is 5.91 Å². The van der Waals surface area contributed by atoms with E-state index in [0.29, 0.717) is 11.5 Å². The van der Waals surface area contributed by atoms with Gasteiger partial charge in [-0.2, -0.15) is 0 Å². The normalized spacial score (nSPS) is 26.7. The van der Waals surface area contributed by atoms with E-state index in [0.717, 1.165) is 37.4 Å². The number of pyridine rings is 1. The number of amides is 1. The number of carbonyl (C=O) groups excluding carboxylic acids is 1. The zero-order chi connectivity index (χ0) is 15.2. The summed E-state index contributed by atoms with van der Waals surface area (Å²) in [4.78, 5) is 19.1. The van der Waals surface area contributed by atoms with Crippen molar-refractivity contribution in [2.75, 3.05) is 13.1 Å². The molecule has 5 nitrogen and oxygen atoms in total. The van der Waals surface area contributed by atoms with Gasteiger partial charge in [-0.15, -0.1) is 0 Å². The monoisotopic (exact) mass is 297 g/mol. The van der Waals surface area contributed by atoms with Crippen LogP contribution in [-0.4, -0.2) is 34.4 Å². The van der Waals surface area contributed by atoms with E-state index < -0.39 is 0 Å². The topological polar surface area (TPSA) is 58.4 Å². The van der Waals surface area contributed by atoms with E-state index in [-0.39, 0.29) is 11.4 Å². The number of nitrogens with one attached hydrogen (secondary N) is 1. The van der Waals surface area contributed by atoms with Crippen molar-refractivity contribution in [3.63, 3.8) is 0 Å². The lowest BCUT2D eigenvalue weighted by atomic mass is 10.2. The van der Waals surface area contributed by atoms with Gasteiger partial charge in [0.1, 0.15) is 6.26 Å². The molecule has 1 aliphatic carbocycles. The van der Waals surface area contributed by atoms with Crippen LogP contribution in [0.1, 0.15) is 28.2 Å². The van der Waals surface area contributed by atoms with Crippen molar-refractivity contribution in [3.8, 4) is 0 Å². The summed E-state index contributed by atoms with van der Waals surface area (Å²) < 4.78 is 4.98. The highest BCUT2D eigenvalue weighted by Crippen LogP contribution is 2.49. The molecule has 0 bridgehead atoms. The summed E-state index contributed by atoms with van der Waals surface area (Å²) in [5, 5.41) is 3.20. The Morgan fingerprint density at radius 3 is 3.18 bits per heavy atom. The Hall–Kier alpha value is -2.14. The van der Waals surface area contributed by atoms with Gasteiger partial charge < -0.3 is 9.73 Å². The molecule has 2 aromatic heterocycles. The standard InChI is InChI=1S/C17H19N3O2/c1-12-3-2-4-15(18-12)9-20-8-14-7-17(14,11-20)19-16(21)13-5-6-22-10-13/h2-6,10,14H,7-9,11H2,1H3,(H,19,21)/t14?,17-/m0/s1. The fraction of sp³-hybridized carbons (Fsp3) is 0.412. The van der Waals surface area contributed by atoms with E-state index in [2.05, 4.69) is 21.3 Å². The maximum Gasteiger partial charge on any atom is 0.255 e. The van der Waals surface area contributed by atoms with Gasteiger partial charge in [-0.25, -0.2) is 0 Å². The molecule has 22 heavy (non-hydrogen) atoms. The summed E-state index contributed by atoms with van der Waals surface area (Å²) in [6.45, 7) is 4.79. The Balaban J connectivity index is 1.39. The molecule has 1 amide bonds. The first-order valence-corrected chi connectivity index (χ1v) is 7.64. The minimum absolute atomic E-state index is 0.0354.